The summed E-state index contributed by atoms with van der Waals surface area (Å²) in [4.78, 5) is 11.3. The number of hydrogen-bond acceptors (Lipinski definition) is 5. The summed E-state index contributed by atoms with van der Waals surface area (Å²) in [5, 5.41) is 3.78. The zero-order valence-corrected chi connectivity index (χ0v) is 10.3. The number of ether oxygens (including phenoxy) is 1. The van der Waals surface area contributed by atoms with Crippen LogP contribution in [0.15, 0.2) is 6.20 Å². The van der Waals surface area contributed by atoms with Crippen molar-refractivity contribution in [2.24, 2.45) is 0 Å². The molecule has 0 saturated heterocycles. The van der Waals surface area contributed by atoms with Crippen LogP contribution in [0.5, 0.6) is 0 Å². The Morgan fingerprint density at radius 3 is 2.83 bits per heavy atom. The summed E-state index contributed by atoms with van der Waals surface area (Å²) >= 11 is -0.156. The average Bonchev–Trinajstić information content (AvgIpc) is 2.58. The molecule has 1 heterocycles. The van der Waals surface area contributed by atoms with Crippen LogP contribution in [0, 0.1) is 0 Å². The largest absolute Gasteiger partial charge is 0.461 e. The minimum atomic E-state index is -4.28. The molecule has 0 amide bonds. The molecule has 0 unspecified atom stereocenters. The van der Waals surface area contributed by atoms with E-state index in [1.54, 1.807) is 6.92 Å². The topological polar surface area (TPSA) is 70.1 Å². The van der Waals surface area contributed by atoms with Crippen LogP contribution in [0.25, 0.3) is 0 Å². The quantitative estimate of drug-likeness (QED) is 0.836. The molecule has 1 rings (SSSR count). The van der Waals surface area contributed by atoms with Gasteiger partial charge >= 0.3 is 11.5 Å². The monoisotopic (exact) mass is 283 g/mol. The number of nitrogen functional groups attached to an aromatic ring is 1. The van der Waals surface area contributed by atoms with Gasteiger partial charge in [-0.3, -0.25) is 4.68 Å². The fraction of sp³-hybridized carbons (Fsp3) is 0.556. The van der Waals surface area contributed by atoms with E-state index in [-0.39, 0.29) is 42.0 Å². The Balaban J connectivity index is 2.59. The molecule has 102 valence electrons. The smallest absolute Gasteiger partial charge is 0.441 e. The third-order valence-corrected chi connectivity index (χ3v) is 2.56. The number of nitrogens with two attached hydrogens (primary N) is 1. The molecular weight excluding hydrogens is 271 g/mol. The molecule has 1 aromatic rings. The van der Waals surface area contributed by atoms with E-state index in [0.29, 0.717) is 0 Å². The molecule has 5 nitrogen and oxygen atoms in total. The van der Waals surface area contributed by atoms with Gasteiger partial charge < -0.3 is 10.5 Å². The minimum absolute atomic E-state index is 0.00772. The summed E-state index contributed by atoms with van der Waals surface area (Å²) < 4.78 is 41.6. The normalized spacial score (nSPS) is 11.6. The van der Waals surface area contributed by atoms with Gasteiger partial charge in [0.25, 0.3) is 0 Å². The zero-order chi connectivity index (χ0) is 13.8. The number of hydrogen-bond donors (Lipinski definition) is 1. The number of carbonyl (C=O) groups excluding carboxylic acids is 1. The molecule has 0 aliphatic rings. The first kappa shape index (κ1) is 14.7. The van der Waals surface area contributed by atoms with Crippen molar-refractivity contribution in [3.63, 3.8) is 0 Å². The van der Waals surface area contributed by atoms with Crippen LogP contribution < -0.4 is 5.73 Å². The number of rotatable bonds is 5. The van der Waals surface area contributed by atoms with Crippen molar-refractivity contribution in [3.05, 3.63) is 11.9 Å². The van der Waals surface area contributed by atoms with E-state index in [2.05, 4.69) is 5.10 Å². The van der Waals surface area contributed by atoms with Gasteiger partial charge in [0, 0.05) is 11.9 Å². The number of anilines is 1. The van der Waals surface area contributed by atoms with Crippen molar-refractivity contribution in [1.82, 2.24) is 9.78 Å². The maximum absolute atomic E-state index is 11.9. The number of thioether (sulfide) groups is 1. The van der Waals surface area contributed by atoms with Crippen LogP contribution in [0.4, 0.5) is 18.9 Å². The lowest BCUT2D eigenvalue weighted by Gasteiger charge is -2.04. The van der Waals surface area contributed by atoms with E-state index in [1.807, 2.05) is 0 Å². The predicted octanol–water partition coefficient (Wildman–Crippen LogP) is 1.90. The first-order valence-corrected chi connectivity index (χ1v) is 6.02. The molecule has 0 bridgehead atoms. The summed E-state index contributed by atoms with van der Waals surface area (Å²) in [5.74, 6) is -0.885. The van der Waals surface area contributed by atoms with E-state index >= 15 is 0 Å². The highest BCUT2D eigenvalue weighted by Crippen LogP contribution is 2.30. The molecule has 0 radical (unpaired) electrons. The summed E-state index contributed by atoms with van der Waals surface area (Å²) in [6.07, 6.45) is 1.31. The van der Waals surface area contributed by atoms with Crippen molar-refractivity contribution in [2.75, 3.05) is 18.1 Å². The lowest BCUT2D eigenvalue weighted by atomic mass is 10.4. The minimum Gasteiger partial charge on any atom is -0.461 e. The van der Waals surface area contributed by atoms with Gasteiger partial charge in [-0.15, -0.1) is 0 Å². The summed E-state index contributed by atoms with van der Waals surface area (Å²) in [6.45, 7) is 1.81. The predicted molar refractivity (Wildman–Crippen MR) is 61.1 cm³/mol. The molecule has 0 spiro atoms. The van der Waals surface area contributed by atoms with Gasteiger partial charge in [-0.1, -0.05) is 0 Å². The maximum Gasteiger partial charge on any atom is 0.441 e. The Kier molecular flexibility index (Phi) is 4.88. The lowest BCUT2D eigenvalue weighted by molar-refractivity contribution is -0.0328. The van der Waals surface area contributed by atoms with Gasteiger partial charge in [-0.05, 0) is 18.7 Å². The first-order valence-electron chi connectivity index (χ1n) is 5.04. The van der Waals surface area contributed by atoms with E-state index in [9.17, 15) is 18.0 Å². The second-order valence-corrected chi connectivity index (χ2v) is 4.37. The van der Waals surface area contributed by atoms with E-state index in [1.165, 1.54) is 10.9 Å². The van der Waals surface area contributed by atoms with Crippen LogP contribution in [-0.4, -0.2) is 33.6 Å². The highest BCUT2D eigenvalue weighted by molar-refractivity contribution is 8.00. The Labute approximate surface area is 105 Å². The Morgan fingerprint density at radius 1 is 1.61 bits per heavy atom. The van der Waals surface area contributed by atoms with Crippen LogP contribution >= 0.6 is 11.8 Å². The highest BCUT2D eigenvalue weighted by atomic mass is 32.2. The van der Waals surface area contributed by atoms with Crippen LogP contribution in [0.1, 0.15) is 17.4 Å². The van der Waals surface area contributed by atoms with Crippen LogP contribution in [-0.2, 0) is 11.3 Å². The molecular formula is C9H12F3N3O2S. The van der Waals surface area contributed by atoms with Gasteiger partial charge in [-0.2, -0.15) is 18.3 Å². The number of halogens is 3. The Hall–Kier alpha value is -1.38. The van der Waals surface area contributed by atoms with Crippen molar-refractivity contribution < 1.29 is 22.7 Å². The number of aryl methyl sites for hydroxylation is 1. The van der Waals surface area contributed by atoms with Crippen molar-refractivity contribution >= 4 is 23.4 Å². The van der Waals surface area contributed by atoms with Gasteiger partial charge in [0.2, 0.25) is 0 Å². The van der Waals surface area contributed by atoms with Crippen LogP contribution in [0.3, 0.4) is 0 Å². The maximum atomic E-state index is 11.9. The molecule has 0 aromatic carbocycles. The average molecular weight is 283 g/mol. The van der Waals surface area contributed by atoms with Crippen molar-refractivity contribution in [2.45, 2.75) is 19.0 Å². The Bertz CT molecular complexity index is 420. The lowest BCUT2D eigenvalue weighted by Crippen LogP contribution is -2.10. The van der Waals surface area contributed by atoms with Gasteiger partial charge in [0.15, 0.2) is 5.69 Å². The molecule has 0 atom stereocenters. The number of alkyl halides is 3. The molecule has 0 fully saturated rings. The fourth-order valence-electron chi connectivity index (χ4n) is 1.16. The van der Waals surface area contributed by atoms with Gasteiger partial charge in [0.05, 0.1) is 18.8 Å². The molecule has 0 saturated carbocycles. The number of esters is 1. The van der Waals surface area contributed by atoms with E-state index in [0.717, 1.165) is 0 Å². The summed E-state index contributed by atoms with van der Waals surface area (Å²) in [6, 6.07) is 0. The summed E-state index contributed by atoms with van der Waals surface area (Å²) in [7, 11) is 0. The first-order chi connectivity index (χ1) is 8.33. The zero-order valence-electron chi connectivity index (χ0n) is 9.53. The van der Waals surface area contributed by atoms with Gasteiger partial charge in [-0.25, -0.2) is 4.79 Å². The van der Waals surface area contributed by atoms with Crippen molar-refractivity contribution in [1.29, 1.82) is 0 Å². The second-order valence-electron chi connectivity index (χ2n) is 3.21. The number of aromatic nitrogens is 2. The van der Waals surface area contributed by atoms with Crippen molar-refractivity contribution in [3.8, 4) is 0 Å². The van der Waals surface area contributed by atoms with E-state index < -0.39 is 11.5 Å². The third kappa shape index (κ3) is 4.47. The van der Waals surface area contributed by atoms with E-state index in [4.69, 9.17) is 10.5 Å². The number of nitrogens with zero attached hydrogens (tertiary/aromatic N) is 2. The molecule has 18 heavy (non-hydrogen) atoms. The molecule has 2 N–H and O–H groups in total. The standard InChI is InChI=1S/C9H12F3N3O2S/c1-2-17-8(16)7-6(13)5-15(14-7)3-4-18-9(10,11)12/h5H,2-4,13H2,1H3. The highest BCUT2D eigenvalue weighted by Gasteiger charge is 2.27. The summed E-state index contributed by atoms with van der Waals surface area (Å²) in [5.41, 5.74) is 1.26. The molecule has 1 aromatic heterocycles. The van der Waals surface area contributed by atoms with Gasteiger partial charge in [0.1, 0.15) is 0 Å². The third-order valence-electron chi connectivity index (χ3n) is 1.84. The molecule has 9 heteroatoms. The Morgan fingerprint density at radius 2 is 2.28 bits per heavy atom. The fourth-order valence-corrected chi connectivity index (χ4v) is 1.67. The number of carbonyl (C=O) groups is 1. The SMILES string of the molecule is CCOC(=O)c1nn(CCSC(F)(F)F)cc1N. The second kappa shape index (κ2) is 5.98. The molecule has 0 aliphatic carbocycles. The van der Waals surface area contributed by atoms with Crippen LogP contribution in [0.2, 0.25) is 0 Å². The molecule has 0 aliphatic heterocycles.